The molecular formula is C34H36N4O4. The standard InChI is InChI=1S/C34H36N4O4/c1-7-19-16(3)24-12-25-17(4)21(9-10-31(41)42-6)33(37-25)22-11-30(40)32-18(5)26(38-34(22)32)13-28-20(8-2)23(15-39)29(36-28)14-27(19)35-24/h12-15,17,21,37,39H,7-11H2,1-6H3/b23-15+,25-12?,26-13?,27-14?,33-22?/t17-,21-/m0/s1. The zero-order valence-electron chi connectivity index (χ0n) is 25.0. The Morgan fingerprint density at radius 2 is 1.81 bits per heavy atom. The predicted octanol–water partition coefficient (Wildman–Crippen LogP) is 6.20. The molecule has 6 aliphatic rings. The van der Waals surface area contributed by atoms with E-state index in [9.17, 15) is 14.7 Å². The van der Waals surface area contributed by atoms with E-state index in [-0.39, 0.29) is 36.4 Å². The summed E-state index contributed by atoms with van der Waals surface area (Å²) in [4.78, 5) is 40.6. The van der Waals surface area contributed by atoms with E-state index in [1.54, 1.807) is 0 Å². The Bertz CT molecular complexity index is 1700. The highest BCUT2D eigenvalue weighted by Crippen LogP contribution is 2.45. The number of hydrogen-bond donors (Lipinski definition) is 2. The summed E-state index contributed by atoms with van der Waals surface area (Å²) in [7, 11) is 1.41. The lowest BCUT2D eigenvalue weighted by atomic mass is 9.86. The van der Waals surface area contributed by atoms with E-state index < -0.39 is 0 Å². The fourth-order valence-corrected chi connectivity index (χ4v) is 6.92. The van der Waals surface area contributed by atoms with E-state index in [0.717, 1.165) is 69.0 Å². The summed E-state index contributed by atoms with van der Waals surface area (Å²) in [5.74, 6) is -0.153. The molecule has 1 saturated heterocycles. The number of aliphatic hydroxyl groups is 1. The summed E-state index contributed by atoms with van der Waals surface area (Å²) < 4.78 is 4.96. The lowest BCUT2D eigenvalue weighted by Gasteiger charge is -2.17. The topological polar surface area (TPSA) is 113 Å². The van der Waals surface area contributed by atoms with Crippen molar-refractivity contribution < 1.29 is 19.4 Å². The lowest BCUT2D eigenvalue weighted by Crippen LogP contribution is -2.15. The molecule has 2 fully saturated rings. The number of aliphatic imine (C=N–C) groups is 3. The second kappa shape index (κ2) is 10.5. The molecule has 1 aliphatic carbocycles. The van der Waals surface area contributed by atoms with Gasteiger partial charge in [0.25, 0.3) is 0 Å². The first kappa shape index (κ1) is 27.8. The number of carbonyl (C=O) groups excluding carboxylic acids is 2. The SMILES string of the molecule is CCC1=C(C)C2=NC1=CC1=NC(=C(CC)/C1=C\O)C=C1N=C3C(=C4NC(=C2)[C@@H](C)[C@@H]4CCC(=O)OC)CC(=O)C3=C1C. The molecule has 0 aromatic heterocycles. The van der Waals surface area contributed by atoms with Crippen molar-refractivity contribution in [2.45, 2.75) is 66.7 Å². The summed E-state index contributed by atoms with van der Waals surface area (Å²) in [6.45, 7) is 10.3. The molecule has 6 rings (SSSR count). The Morgan fingerprint density at radius 3 is 2.50 bits per heavy atom. The van der Waals surface area contributed by atoms with Crippen LogP contribution in [0.1, 0.15) is 66.7 Å². The second-order valence-electron chi connectivity index (χ2n) is 11.5. The molecule has 8 heteroatoms. The lowest BCUT2D eigenvalue weighted by molar-refractivity contribution is -0.140. The van der Waals surface area contributed by atoms with Crippen molar-refractivity contribution >= 4 is 28.9 Å². The van der Waals surface area contributed by atoms with Gasteiger partial charge in [-0.2, -0.15) is 0 Å². The number of methoxy groups -OCH3 is 1. The zero-order chi connectivity index (χ0) is 29.9. The van der Waals surface area contributed by atoms with Crippen molar-refractivity contribution in [3.8, 4) is 0 Å². The van der Waals surface area contributed by atoms with Crippen molar-refractivity contribution in [3.05, 3.63) is 92.0 Å². The molecule has 8 nitrogen and oxygen atoms in total. The third kappa shape index (κ3) is 4.23. The van der Waals surface area contributed by atoms with Gasteiger partial charge in [-0.3, -0.25) is 9.59 Å². The van der Waals surface area contributed by atoms with Crippen LogP contribution in [-0.2, 0) is 14.3 Å². The highest BCUT2D eigenvalue weighted by atomic mass is 16.5. The molecule has 0 aromatic rings. The largest absolute Gasteiger partial charge is 0.515 e. The fourth-order valence-electron chi connectivity index (χ4n) is 6.92. The minimum atomic E-state index is -0.251. The van der Waals surface area contributed by atoms with E-state index in [1.165, 1.54) is 7.11 Å². The van der Waals surface area contributed by atoms with E-state index in [0.29, 0.717) is 41.1 Å². The molecule has 2 N–H and O–H groups in total. The van der Waals surface area contributed by atoms with Crippen molar-refractivity contribution in [2.24, 2.45) is 26.8 Å². The van der Waals surface area contributed by atoms with Crippen molar-refractivity contribution in [2.75, 3.05) is 7.11 Å². The molecule has 0 unspecified atom stereocenters. The highest BCUT2D eigenvalue weighted by Gasteiger charge is 2.43. The maximum atomic E-state index is 13.4. The summed E-state index contributed by atoms with van der Waals surface area (Å²) in [5, 5.41) is 13.9. The number of carbonyl (C=O) groups is 2. The number of rotatable bonds is 5. The summed E-state index contributed by atoms with van der Waals surface area (Å²) in [5.41, 5.74) is 12.7. The first-order valence-electron chi connectivity index (χ1n) is 14.7. The van der Waals surface area contributed by atoms with Gasteiger partial charge in [0.1, 0.15) is 0 Å². The minimum absolute atomic E-state index is 0.00983. The second-order valence-corrected chi connectivity index (χ2v) is 11.5. The minimum Gasteiger partial charge on any atom is -0.515 e. The van der Waals surface area contributed by atoms with Crippen LogP contribution in [0.2, 0.25) is 0 Å². The van der Waals surface area contributed by atoms with Gasteiger partial charge in [0.2, 0.25) is 0 Å². The van der Waals surface area contributed by atoms with Gasteiger partial charge in [0.05, 0.1) is 47.6 Å². The predicted molar refractivity (Wildman–Crippen MR) is 164 cm³/mol. The van der Waals surface area contributed by atoms with Crippen molar-refractivity contribution in [1.82, 2.24) is 5.32 Å². The van der Waals surface area contributed by atoms with E-state index in [4.69, 9.17) is 19.7 Å². The van der Waals surface area contributed by atoms with Crippen molar-refractivity contribution in [1.29, 1.82) is 0 Å². The van der Waals surface area contributed by atoms with Gasteiger partial charge in [-0.05, 0) is 73.6 Å². The van der Waals surface area contributed by atoms with Gasteiger partial charge in [0.15, 0.2) is 5.78 Å². The van der Waals surface area contributed by atoms with Crippen LogP contribution in [0, 0.1) is 11.8 Å². The van der Waals surface area contributed by atoms with Gasteiger partial charge >= 0.3 is 5.97 Å². The maximum absolute atomic E-state index is 13.4. The molecule has 0 radical (unpaired) electrons. The van der Waals surface area contributed by atoms with E-state index in [1.807, 2.05) is 26.0 Å². The molecule has 8 bridgehead atoms. The number of esters is 1. The van der Waals surface area contributed by atoms with Crippen LogP contribution in [0.3, 0.4) is 0 Å². The monoisotopic (exact) mass is 564 g/mol. The Morgan fingerprint density at radius 1 is 1.05 bits per heavy atom. The third-order valence-corrected chi connectivity index (χ3v) is 9.30. The number of aliphatic hydroxyl groups excluding tert-OH is 1. The highest BCUT2D eigenvalue weighted by molar-refractivity contribution is 6.38. The number of ketones is 1. The van der Waals surface area contributed by atoms with Crippen LogP contribution in [0.5, 0.6) is 0 Å². The van der Waals surface area contributed by atoms with Crippen LogP contribution in [0.4, 0.5) is 0 Å². The average Bonchev–Trinajstić information content (AvgIpc) is 3.73. The van der Waals surface area contributed by atoms with Gasteiger partial charge in [-0.15, -0.1) is 0 Å². The number of Topliss-reactive ketones (excluding diaryl/α,β-unsaturated/α-hetero) is 1. The first-order chi connectivity index (χ1) is 20.2. The molecule has 5 heterocycles. The number of fused-ring (bicyclic) bond motifs is 5. The Labute approximate surface area is 246 Å². The molecule has 42 heavy (non-hydrogen) atoms. The Hall–Kier alpha value is -4.33. The zero-order valence-corrected chi connectivity index (χ0v) is 25.0. The van der Waals surface area contributed by atoms with Crippen LogP contribution in [0.15, 0.2) is 107 Å². The summed E-state index contributed by atoms with van der Waals surface area (Å²) in [6, 6.07) is 0. The average molecular weight is 565 g/mol. The van der Waals surface area contributed by atoms with Crippen LogP contribution < -0.4 is 5.32 Å². The van der Waals surface area contributed by atoms with E-state index >= 15 is 0 Å². The van der Waals surface area contributed by atoms with E-state index in [2.05, 4.69) is 32.2 Å². The van der Waals surface area contributed by atoms with Crippen molar-refractivity contribution in [3.63, 3.8) is 0 Å². The first-order valence-corrected chi connectivity index (χ1v) is 14.7. The molecule has 2 atom stereocenters. The Balaban J connectivity index is 1.61. The van der Waals surface area contributed by atoms with Gasteiger partial charge in [0, 0.05) is 52.8 Å². The molecule has 216 valence electrons. The molecule has 0 spiro atoms. The normalized spacial score (nSPS) is 25.7. The smallest absolute Gasteiger partial charge is 0.305 e. The number of nitrogens with zero attached hydrogens (tertiary/aromatic N) is 3. The van der Waals surface area contributed by atoms with Gasteiger partial charge < -0.3 is 15.2 Å². The summed E-state index contributed by atoms with van der Waals surface area (Å²) >= 11 is 0. The number of nitrogens with one attached hydrogen (secondary N) is 1. The molecule has 0 amide bonds. The molecule has 1 saturated carbocycles. The van der Waals surface area contributed by atoms with Crippen LogP contribution in [-0.4, -0.2) is 41.1 Å². The Kier molecular flexibility index (Phi) is 6.95. The maximum Gasteiger partial charge on any atom is 0.305 e. The quantitative estimate of drug-likeness (QED) is 0.305. The van der Waals surface area contributed by atoms with Crippen LogP contribution >= 0.6 is 0 Å². The van der Waals surface area contributed by atoms with Gasteiger partial charge in [-0.25, -0.2) is 15.0 Å². The summed E-state index contributed by atoms with van der Waals surface area (Å²) in [6.07, 6.45) is 9.73. The molecule has 0 aromatic carbocycles. The number of allylic oxidation sites excluding steroid dienone is 12. The fraction of sp³-hybridized carbons (Fsp3) is 0.382. The third-order valence-electron chi connectivity index (χ3n) is 9.30. The van der Waals surface area contributed by atoms with Crippen LogP contribution in [0.25, 0.3) is 0 Å². The number of ether oxygens (including phenoxy) is 1. The molecule has 5 aliphatic heterocycles. The molecular weight excluding hydrogens is 528 g/mol. The number of hydrogen-bond acceptors (Lipinski definition) is 8. The van der Waals surface area contributed by atoms with Gasteiger partial charge in [-0.1, -0.05) is 20.8 Å².